The molecule has 3 aromatic rings. The number of piperidine rings is 1. The van der Waals surface area contributed by atoms with Gasteiger partial charge < -0.3 is 20.0 Å². The largest absolute Gasteiger partial charge is 0.459 e. The van der Waals surface area contributed by atoms with E-state index in [0.717, 1.165) is 5.69 Å². The van der Waals surface area contributed by atoms with Gasteiger partial charge in [-0.1, -0.05) is 6.07 Å². The summed E-state index contributed by atoms with van der Waals surface area (Å²) in [5.74, 6) is 0.568. The Bertz CT molecular complexity index is 967. The number of benzene rings is 1. The van der Waals surface area contributed by atoms with Crippen molar-refractivity contribution >= 4 is 23.5 Å². The Balaban J connectivity index is 1.32. The van der Waals surface area contributed by atoms with Crippen LogP contribution in [0, 0.1) is 0 Å². The lowest BCUT2D eigenvalue weighted by Gasteiger charge is -2.31. The molecule has 1 aromatic carbocycles. The van der Waals surface area contributed by atoms with Crippen LogP contribution in [0.5, 0.6) is 0 Å². The Morgan fingerprint density at radius 2 is 1.83 bits per heavy atom. The van der Waals surface area contributed by atoms with E-state index in [2.05, 4.69) is 20.6 Å². The summed E-state index contributed by atoms with van der Waals surface area (Å²) in [7, 11) is 0. The maximum absolute atomic E-state index is 12.7. The molecule has 1 aliphatic heterocycles. The fraction of sp³-hybridized carbons (Fsp3) is 0.238. The van der Waals surface area contributed by atoms with Gasteiger partial charge in [0.1, 0.15) is 0 Å². The third-order valence-corrected chi connectivity index (χ3v) is 4.80. The number of hydrogen-bond donors (Lipinski definition) is 2. The Labute approximate surface area is 168 Å². The molecule has 8 heteroatoms. The molecule has 2 aromatic heterocycles. The van der Waals surface area contributed by atoms with Gasteiger partial charge >= 0.3 is 0 Å². The second-order valence-electron chi connectivity index (χ2n) is 6.80. The minimum Gasteiger partial charge on any atom is -0.459 e. The van der Waals surface area contributed by atoms with E-state index in [1.165, 1.54) is 6.26 Å². The van der Waals surface area contributed by atoms with Crippen LogP contribution in [0.4, 0.5) is 11.6 Å². The van der Waals surface area contributed by atoms with Crippen LogP contribution < -0.4 is 10.6 Å². The topological polar surface area (TPSA) is 100 Å². The normalized spacial score (nSPS) is 14.4. The van der Waals surface area contributed by atoms with Crippen LogP contribution in [0.3, 0.4) is 0 Å². The number of amides is 2. The number of furan rings is 1. The van der Waals surface area contributed by atoms with Crippen LogP contribution in [-0.4, -0.2) is 45.8 Å². The molecule has 0 aliphatic carbocycles. The summed E-state index contributed by atoms with van der Waals surface area (Å²) >= 11 is 0. The number of likely N-dealkylation sites (tertiary alicyclic amines) is 1. The first kappa shape index (κ1) is 18.7. The lowest BCUT2D eigenvalue weighted by Crippen LogP contribution is -2.46. The minimum absolute atomic E-state index is 0.0252. The van der Waals surface area contributed by atoms with E-state index in [1.54, 1.807) is 47.6 Å². The molecule has 4 rings (SSSR count). The van der Waals surface area contributed by atoms with Gasteiger partial charge in [0.05, 0.1) is 6.26 Å². The van der Waals surface area contributed by atoms with Gasteiger partial charge in [0.15, 0.2) is 5.76 Å². The molecule has 1 fully saturated rings. The molecular formula is C21H21N5O3. The molecule has 0 atom stereocenters. The highest BCUT2D eigenvalue weighted by atomic mass is 16.3. The number of rotatable bonds is 5. The fourth-order valence-corrected chi connectivity index (χ4v) is 3.28. The van der Waals surface area contributed by atoms with Crippen LogP contribution in [-0.2, 0) is 0 Å². The number of carbonyl (C=O) groups is 2. The number of hydrogen-bond acceptors (Lipinski definition) is 6. The van der Waals surface area contributed by atoms with Gasteiger partial charge in [0, 0.05) is 42.8 Å². The fourth-order valence-electron chi connectivity index (χ4n) is 3.28. The molecule has 29 heavy (non-hydrogen) atoms. The first-order chi connectivity index (χ1) is 14.2. The Morgan fingerprint density at radius 3 is 2.55 bits per heavy atom. The maximum atomic E-state index is 12.7. The quantitative estimate of drug-likeness (QED) is 0.694. The highest BCUT2D eigenvalue weighted by Crippen LogP contribution is 2.17. The molecule has 1 aliphatic rings. The second kappa shape index (κ2) is 8.55. The minimum atomic E-state index is -0.140. The smallest absolute Gasteiger partial charge is 0.289 e. The summed E-state index contributed by atoms with van der Waals surface area (Å²) in [6, 6.07) is 12.3. The summed E-state index contributed by atoms with van der Waals surface area (Å²) in [6.07, 6.45) is 6.19. The van der Waals surface area contributed by atoms with Crippen molar-refractivity contribution in [3.63, 3.8) is 0 Å². The highest BCUT2D eigenvalue weighted by Gasteiger charge is 2.26. The van der Waals surface area contributed by atoms with Crippen molar-refractivity contribution < 1.29 is 14.0 Å². The SMILES string of the molecule is O=C(NC1CCN(C(=O)c2ccco2)CC1)c1cccc(Nc2ncccn2)c1. The molecule has 2 amide bonds. The summed E-state index contributed by atoms with van der Waals surface area (Å²) < 4.78 is 5.18. The van der Waals surface area contributed by atoms with E-state index in [1.807, 2.05) is 12.1 Å². The summed E-state index contributed by atoms with van der Waals surface area (Å²) in [5, 5.41) is 6.14. The van der Waals surface area contributed by atoms with Crippen molar-refractivity contribution in [3.8, 4) is 0 Å². The van der Waals surface area contributed by atoms with E-state index in [-0.39, 0.29) is 17.9 Å². The van der Waals surface area contributed by atoms with Crippen molar-refractivity contribution in [2.75, 3.05) is 18.4 Å². The van der Waals surface area contributed by atoms with Crippen molar-refractivity contribution in [1.82, 2.24) is 20.2 Å². The third kappa shape index (κ3) is 4.60. The molecule has 3 heterocycles. The van der Waals surface area contributed by atoms with Crippen LogP contribution in [0.1, 0.15) is 33.8 Å². The van der Waals surface area contributed by atoms with E-state index in [4.69, 9.17) is 4.42 Å². The van der Waals surface area contributed by atoms with Gasteiger partial charge in [0.2, 0.25) is 5.95 Å². The molecule has 0 saturated carbocycles. The van der Waals surface area contributed by atoms with Gasteiger partial charge in [-0.3, -0.25) is 9.59 Å². The molecule has 148 valence electrons. The number of carbonyl (C=O) groups excluding carboxylic acids is 2. The standard InChI is InChI=1S/C21H21N5O3/c27-19(15-4-1-5-17(14-15)25-21-22-9-3-10-23-21)24-16-7-11-26(12-8-16)20(28)18-6-2-13-29-18/h1-6,9-10,13-14,16H,7-8,11-12H2,(H,24,27)(H,22,23,25). The Kier molecular flexibility index (Phi) is 5.51. The first-order valence-electron chi connectivity index (χ1n) is 9.47. The average molecular weight is 391 g/mol. The zero-order chi connectivity index (χ0) is 20.1. The molecule has 0 bridgehead atoms. The van der Waals surface area contributed by atoms with Crippen molar-refractivity contribution in [2.45, 2.75) is 18.9 Å². The number of anilines is 2. The van der Waals surface area contributed by atoms with Gasteiger partial charge in [-0.05, 0) is 49.2 Å². The number of nitrogens with zero attached hydrogens (tertiary/aromatic N) is 3. The first-order valence-corrected chi connectivity index (χ1v) is 9.47. The summed E-state index contributed by atoms with van der Waals surface area (Å²) in [6.45, 7) is 1.16. The molecule has 8 nitrogen and oxygen atoms in total. The molecule has 0 unspecified atom stereocenters. The van der Waals surface area contributed by atoms with Gasteiger partial charge in [-0.2, -0.15) is 0 Å². The monoisotopic (exact) mass is 391 g/mol. The van der Waals surface area contributed by atoms with E-state index >= 15 is 0 Å². The molecule has 0 radical (unpaired) electrons. The maximum Gasteiger partial charge on any atom is 0.289 e. The predicted octanol–water partition coefficient (Wildman–Crippen LogP) is 2.85. The highest BCUT2D eigenvalue weighted by molar-refractivity contribution is 5.95. The molecular weight excluding hydrogens is 370 g/mol. The zero-order valence-corrected chi connectivity index (χ0v) is 15.7. The van der Waals surface area contributed by atoms with E-state index < -0.39 is 0 Å². The van der Waals surface area contributed by atoms with E-state index in [0.29, 0.717) is 43.2 Å². The van der Waals surface area contributed by atoms with Crippen LogP contribution in [0.15, 0.2) is 65.5 Å². The lowest BCUT2D eigenvalue weighted by atomic mass is 10.0. The van der Waals surface area contributed by atoms with Crippen molar-refractivity contribution in [2.24, 2.45) is 0 Å². The lowest BCUT2D eigenvalue weighted by molar-refractivity contribution is 0.0667. The van der Waals surface area contributed by atoms with Crippen molar-refractivity contribution in [1.29, 1.82) is 0 Å². The predicted molar refractivity (Wildman–Crippen MR) is 107 cm³/mol. The van der Waals surface area contributed by atoms with Crippen LogP contribution >= 0.6 is 0 Å². The van der Waals surface area contributed by atoms with Gasteiger partial charge in [-0.25, -0.2) is 9.97 Å². The van der Waals surface area contributed by atoms with Crippen LogP contribution in [0.2, 0.25) is 0 Å². The Morgan fingerprint density at radius 1 is 1.03 bits per heavy atom. The van der Waals surface area contributed by atoms with Gasteiger partial charge in [-0.15, -0.1) is 0 Å². The zero-order valence-electron chi connectivity index (χ0n) is 15.7. The van der Waals surface area contributed by atoms with Crippen molar-refractivity contribution in [3.05, 3.63) is 72.4 Å². The van der Waals surface area contributed by atoms with Crippen LogP contribution in [0.25, 0.3) is 0 Å². The summed E-state index contributed by atoms with van der Waals surface area (Å²) in [5.41, 5.74) is 1.29. The molecule has 2 N–H and O–H groups in total. The third-order valence-electron chi connectivity index (χ3n) is 4.80. The van der Waals surface area contributed by atoms with E-state index in [9.17, 15) is 9.59 Å². The number of nitrogens with one attached hydrogen (secondary N) is 2. The Hall–Kier alpha value is -3.68. The second-order valence-corrected chi connectivity index (χ2v) is 6.80. The van der Waals surface area contributed by atoms with Gasteiger partial charge in [0.25, 0.3) is 11.8 Å². The number of aromatic nitrogens is 2. The molecule has 0 spiro atoms. The average Bonchev–Trinajstić information content (AvgIpc) is 3.30. The summed E-state index contributed by atoms with van der Waals surface area (Å²) in [4.78, 5) is 35.0. The molecule has 1 saturated heterocycles.